The third-order valence-corrected chi connectivity index (χ3v) is 3.02. The highest BCUT2D eigenvalue weighted by Crippen LogP contribution is 2.13. The summed E-state index contributed by atoms with van der Waals surface area (Å²) in [6.07, 6.45) is 2.97. The topological polar surface area (TPSA) is 83.5 Å². The van der Waals surface area contributed by atoms with Gasteiger partial charge in [0.2, 0.25) is 0 Å². The lowest BCUT2D eigenvalue weighted by Crippen LogP contribution is -2.32. The van der Waals surface area contributed by atoms with Gasteiger partial charge in [-0.15, -0.1) is 0 Å². The zero-order valence-electron chi connectivity index (χ0n) is 12.3. The Morgan fingerprint density at radius 1 is 1.09 bits per heavy atom. The number of pyridine rings is 1. The molecule has 1 aromatic carbocycles. The number of hydrazone groups is 1. The molecule has 22 heavy (non-hydrogen) atoms. The Morgan fingerprint density at radius 2 is 1.91 bits per heavy atom. The number of aryl methyl sites for hydroxylation is 2. The van der Waals surface area contributed by atoms with Crippen molar-refractivity contribution in [3.63, 3.8) is 0 Å². The van der Waals surface area contributed by atoms with Crippen LogP contribution in [0.15, 0.2) is 47.7 Å². The number of hydrogen-bond donors (Lipinski definition) is 2. The third kappa shape index (κ3) is 4.24. The van der Waals surface area contributed by atoms with E-state index in [1.807, 2.05) is 19.9 Å². The van der Waals surface area contributed by atoms with E-state index in [0.29, 0.717) is 11.4 Å². The van der Waals surface area contributed by atoms with Crippen LogP contribution in [0.4, 0.5) is 5.69 Å². The highest BCUT2D eigenvalue weighted by molar-refractivity contribution is 6.39. The average molecular weight is 296 g/mol. The number of rotatable bonds is 3. The fraction of sp³-hybridized carbons (Fsp3) is 0.125. The zero-order chi connectivity index (χ0) is 15.9. The summed E-state index contributed by atoms with van der Waals surface area (Å²) >= 11 is 0. The van der Waals surface area contributed by atoms with Gasteiger partial charge in [0.05, 0.1) is 11.9 Å². The first-order valence-electron chi connectivity index (χ1n) is 6.69. The van der Waals surface area contributed by atoms with Crippen molar-refractivity contribution in [3.05, 3.63) is 59.4 Å². The Hall–Kier alpha value is -3.02. The Morgan fingerprint density at radius 3 is 2.59 bits per heavy atom. The van der Waals surface area contributed by atoms with Gasteiger partial charge in [-0.05, 0) is 49.2 Å². The second-order valence-electron chi connectivity index (χ2n) is 4.71. The molecule has 0 aliphatic rings. The van der Waals surface area contributed by atoms with Gasteiger partial charge in [0, 0.05) is 11.9 Å². The van der Waals surface area contributed by atoms with Crippen LogP contribution in [0.3, 0.4) is 0 Å². The minimum absolute atomic E-state index is 0.567. The van der Waals surface area contributed by atoms with Crippen molar-refractivity contribution in [2.45, 2.75) is 13.8 Å². The Kier molecular flexibility index (Phi) is 4.98. The van der Waals surface area contributed by atoms with E-state index in [1.54, 1.807) is 36.5 Å². The molecule has 2 rings (SSSR count). The highest BCUT2D eigenvalue weighted by Gasteiger charge is 2.12. The second kappa shape index (κ2) is 7.12. The number of anilines is 1. The molecule has 2 aromatic rings. The summed E-state index contributed by atoms with van der Waals surface area (Å²) in [5.41, 5.74) is 5.45. The predicted octanol–water partition coefficient (Wildman–Crippen LogP) is 1.79. The quantitative estimate of drug-likeness (QED) is 0.514. The molecule has 0 spiro atoms. The van der Waals surface area contributed by atoms with Gasteiger partial charge < -0.3 is 5.32 Å². The van der Waals surface area contributed by atoms with E-state index in [0.717, 1.165) is 11.1 Å². The number of amides is 2. The summed E-state index contributed by atoms with van der Waals surface area (Å²) in [6.45, 7) is 3.90. The molecule has 0 atom stereocenters. The smallest absolute Gasteiger partial charge is 0.318 e. The van der Waals surface area contributed by atoms with Crippen LogP contribution in [-0.2, 0) is 9.59 Å². The minimum Gasteiger partial charge on any atom is -0.318 e. The van der Waals surface area contributed by atoms with Gasteiger partial charge in [0.25, 0.3) is 0 Å². The minimum atomic E-state index is -0.842. The molecule has 2 N–H and O–H groups in total. The molecule has 0 fully saturated rings. The molecular formula is C16H16N4O2. The molecule has 0 saturated heterocycles. The predicted molar refractivity (Wildman–Crippen MR) is 84.5 cm³/mol. The maximum absolute atomic E-state index is 11.7. The molecule has 6 heteroatoms. The number of carbonyl (C=O) groups excluding carboxylic acids is 2. The lowest BCUT2D eigenvalue weighted by Gasteiger charge is -2.06. The Bertz CT molecular complexity index is 711. The van der Waals surface area contributed by atoms with E-state index in [2.05, 4.69) is 20.8 Å². The number of nitrogens with one attached hydrogen (secondary N) is 2. The normalized spacial score (nSPS) is 10.5. The van der Waals surface area contributed by atoms with Gasteiger partial charge in [-0.25, -0.2) is 5.43 Å². The number of carbonyl (C=O) groups is 2. The van der Waals surface area contributed by atoms with Gasteiger partial charge in [0.15, 0.2) is 0 Å². The SMILES string of the molecule is Cc1ccc(NC(=O)C(=O)NN=Cc2ccccn2)cc1C. The molecule has 6 nitrogen and oxygen atoms in total. The van der Waals surface area contributed by atoms with Gasteiger partial charge in [0.1, 0.15) is 0 Å². The number of nitrogens with zero attached hydrogens (tertiary/aromatic N) is 2. The molecular weight excluding hydrogens is 280 g/mol. The van der Waals surface area contributed by atoms with Crippen LogP contribution in [0.25, 0.3) is 0 Å². The van der Waals surface area contributed by atoms with Gasteiger partial charge in [-0.2, -0.15) is 5.10 Å². The van der Waals surface area contributed by atoms with Crippen molar-refractivity contribution < 1.29 is 9.59 Å². The summed E-state index contributed by atoms with van der Waals surface area (Å²) < 4.78 is 0. The molecule has 112 valence electrons. The molecule has 1 heterocycles. The third-order valence-electron chi connectivity index (χ3n) is 3.02. The van der Waals surface area contributed by atoms with Crippen molar-refractivity contribution in [2.24, 2.45) is 5.10 Å². The molecule has 0 aliphatic carbocycles. The average Bonchev–Trinajstić information content (AvgIpc) is 2.52. The molecule has 2 amide bonds. The van der Waals surface area contributed by atoms with Crippen molar-refractivity contribution in [1.29, 1.82) is 0 Å². The lowest BCUT2D eigenvalue weighted by atomic mass is 10.1. The van der Waals surface area contributed by atoms with Gasteiger partial charge >= 0.3 is 11.8 Å². The first-order valence-corrected chi connectivity index (χ1v) is 6.69. The number of aromatic nitrogens is 1. The van der Waals surface area contributed by atoms with Crippen LogP contribution in [-0.4, -0.2) is 23.0 Å². The summed E-state index contributed by atoms with van der Waals surface area (Å²) in [5, 5.41) is 6.21. The lowest BCUT2D eigenvalue weighted by molar-refractivity contribution is -0.136. The summed E-state index contributed by atoms with van der Waals surface area (Å²) in [7, 11) is 0. The molecule has 0 radical (unpaired) electrons. The van der Waals surface area contributed by atoms with Crippen molar-refractivity contribution in [3.8, 4) is 0 Å². The van der Waals surface area contributed by atoms with E-state index in [1.165, 1.54) is 6.21 Å². The van der Waals surface area contributed by atoms with Crippen LogP contribution in [0.1, 0.15) is 16.8 Å². The zero-order valence-corrected chi connectivity index (χ0v) is 12.3. The standard InChI is InChI=1S/C16H16N4O2/c1-11-6-7-13(9-12(11)2)19-15(21)16(22)20-18-10-14-5-3-4-8-17-14/h3-10H,1-2H3,(H,19,21)(H,20,22). The molecule has 0 aliphatic heterocycles. The molecule has 0 bridgehead atoms. The van der Waals surface area contributed by atoms with Crippen molar-refractivity contribution >= 4 is 23.7 Å². The van der Waals surface area contributed by atoms with Gasteiger partial charge in [-0.3, -0.25) is 14.6 Å². The first kappa shape index (κ1) is 15.4. The fourth-order valence-electron chi connectivity index (χ4n) is 1.67. The maximum Gasteiger partial charge on any atom is 0.329 e. The summed E-state index contributed by atoms with van der Waals surface area (Å²) in [6, 6.07) is 10.7. The maximum atomic E-state index is 11.7. The first-order chi connectivity index (χ1) is 10.6. The van der Waals surface area contributed by atoms with Gasteiger partial charge in [-0.1, -0.05) is 12.1 Å². The summed E-state index contributed by atoms with van der Waals surface area (Å²) in [4.78, 5) is 27.4. The van der Waals surface area contributed by atoms with Crippen LogP contribution in [0, 0.1) is 13.8 Å². The van der Waals surface area contributed by atoms with Crippen LogP contribution in [0.2, 0.25) is 0 Å². The number of benzene rings is 1. The van der Waals surface area contributed by atoms with E-state index in [9.17, 15) is 9.59 Å². The highest BCUT2D eigenvalue weighted by atomic mass is 16.2. The summed E-state index contributed by atoms with van der Waals surface area (Å²) in [5.74, 6) is -1.62. The Balaban J connectivity index is 1.90. The number of hydrogen-bond acceptors (Lipinski definition) is 4. The van der Waals surface area contributed by atoms with Crippen LogP contribution < -0.4 is 10.7 Å². The van der Waals surface area contributed by atoms with Crippen molar-refractivity contribution in [1.82, 2.24) is 10.4 Å². The van der Waals surface area contributed by atoms with E-state index >= 15 is 0 Å². The molecule has 0 unspecified atom stereocenters. The van der Waals surface area contributed by atoms with Crippen LogP contribution in [0.5, 0.6) is 0 Å². The molecule has 1 aromatic heterocycles. The van der Waals surface area contributed by atoms with E-state index in [-0.39, 0.29) is 0 Å². The molecule has 0 saturated carbocycles. The van der Waals surface area contributed by atoms with E-state index < -0.39 is 11.8 Å². The van der Waals surface area contributed by atoms with Crippen LogP contribution >= 0.6 is 0 Å². The fourth-order valence-corrected chi connectivity index (χ4v) is 1.67. The largest absolute Gasteiger partial charge is 0.329 e. The Labute approximate surface area is 128 Å². The van der Waals surface area contributed by atoms with Crippen molar-refractivity contribution in [2.75, 3.05) is 5.32 Å². The monoisotopic (exact) mass is 296 g/mol. The second-order valence-corrected chi connectivity index (χ2v) is 4.71. The van der Waals surface area contributed by atoms with E-state index in [4.69, 9.17) is 0 Å².